The third-order valence-corrected chi connectivity index (χ3v) is 13.3. The molecule has 0 radical (unpaired) electrons. The van der Waals surface area contributed by atoms with Crippen molar-refractivity contribution in [1.82, 2.24) is 4.57 Å². The van der Waals surface area contributed by atoms with E-state index < -0.39 is 5.85 Å². The van der Waals surface area contributed by atoms with Crippen LogP contribution >= 0.6 is 0 Å². The highest BCUT2D eigenvalue weighted by atomic mass is 16.5. The van der Waals surface area contributed by atoms with Crippen LogP contribution in [0, 0.1) is 0 Å². The van der Waals surface area contributed by atoms with E-state index in [0.29, 0.717) is 0 Å². The molecular formula is C57H47N3O+2. The van der Waals surface area contributed by atoms with E-state index in [2.05, 4.69) is 231 Å². The third-order valence-electron chi connectivity index (χ3n) is 13.3. The van der Waals surface area contributed by atoms with Crippen LogP contribution in [0.4, 0.5) is 0 Å². The maximum Gasteiger partial charge on any atom is 0.499 e. The summed E-state index contributed by atoms with van der Waals surface area (Å²) in [6.07, 6.45) is 2.26. The number of fused-ring (bicyclic) bond motifs is 5. The Hall–Kier alpha value is -7.04. The molecule has 3 aliphatic heterocycles. The maximum absolute atomic E-state index is 7.68. The Kier molecular flexibility index (Phi) is 7.35. The average Bonchev–Trinajstić information content (AvgIpc) is 3.77. The summed E-state index contributed by atoms with van der Waals surface area (Å²) in [6.45, 7) is 13.8. The SMILES string of the molecule is CC(C)(C)c1ccc(-c2cc(C(C)(C)C)ccc2-n2c3[n+]4c5c(cccc52)-c2cc(-c5ccccc5)cc5c2C4(Oc2ccccc2-3)[n+]2ccc(-c3ccccc3)cc2-5)cc1. The van der Waals surface area contributed by atoms with Gasteiger partial charge in [-0.1, -0.05) is 151 Å². The highest BCUT2D eigenvalue weighted by Gasteiger charge is 2.68. The minimum atomic E-state index is -1.04. The van der Waals surface area contributed by atoms with E-state index in [1.165, 1.54) is 61.2 Å². The lowest BCUT2D eigenvalue weighted by atomic mass is 9.83. The Bertz CT molecular complexity index is 3270. The van der Waals surface area contributed by atoms with E-state index in [1.54, 1.807) is 0 Å². The molecule has 0 fully saturated rings. The third kappa shape index (κ3) is 5.05. The van der Waals surface area contributed by atoms with E-state index in [1.807, 2.05) is 0 Å². The van der Waals surface area contributed by atoms with Crippen molar-refractivity contribution in [3.05, 3.63) is 193 Å². The van der Waals surface area contributed by atoms with E-state index in [0.717, 1.165) is 45.1 Å². The Labute approximate surface area is 357 Å². The zero-order chi connectivity index (χ0) is 41.4. The van der Waals surface area contributed by atoms with Gasteiger partial charge in [0.2, 0.25) is 5.69 Å². The molecule has 4 nitrogen and oxygen atoms in total. The van der Waals surface area contributed by atoms with Gasteiger partial charge in [-0.05, 0) is 98.3 Å². The van der Waals surface area contributed by atoms with Gasteiger partial charge in [0.1, 0.15) is 22.6 Å². The van der Waals surface area contributed by atoms with Crippen molar-refractivity contribution in [2.75, 3.05) is 0 Å². The standard InChI is InChI=1S/C57H47N3O/c1-55(2,3)41-26-24-38(25-27-41)45-35-42(56(4,5)6)28-29-48(45)59-49-22-15-21-43-46-32-40(37-18-11-8-12-19-37)33-47-50-34-39(36-16-9-7-10-17-36)30-31-58(50)57(52(46)47)60(53(43)49)54(59)44-20-13-14-23-51(44)61-57/h7-35H,1-6H3/q+2. The number of pyridine rings is 1. The van der Waals surface area contributed by atoms with Crippen LogP contribution < -0.4 is 13.9 Å². The lowest BCUT2D eigenvalue weighted by Gasteiger charge is -2.32. The second kappa shape index (κ2) is 12.5. The summed E-state index contributed by atoms with van der Waals surface area (Å²) >= 11 is 0. The summed E-state index contributed by atoms with van der Waals surface area (Å²) in [6, 6.07) is 62.8. The number of imidazole rings is 1. The molecule has 12 rings (SSSR count). The Balaban J connectivity index is 1.23. The van der Waals surface area contributed by atoms with E-state index in [4.69, 9.17) is 4.74 Å². The summed E-state index contributed by atoms with van der Waals surface area (Å²) in [5, 5.41) is 0. The Morgan fingerprint density at radius 1 is 0.475 bits per heavy atom. The summed E-state index contributed by atoms with van der Waals surface area (Å²) in [7, 11) is 0. The summed E-state index contributed by atoms with van der Waals surface area (Å²) < 4.78 is 15.1. The smallest absolute Gasteiger partial charge is 0.392 e. The van der Waals surface area contributed by atoms with Gasteiger partial charge in [0.05, 0.1) is 5.56 Å². The van der Waals surface area contributed by atoms with Crippen LogP contribution in [0.3, 0.4) is 0 Å². The molecule has 2 aromatic heterocycles. The molecule has 0 aliphatic carbocycles. The molecule has 0 N–H and O–H groups in total. The largest absolute Gasteiger partial charge is 0.499 e. The van der Waals surface area contributed by atoms with Crippen molar-refractivity contribution in [3.8, 4) is 78.6 Å². The van der Waals surface area contributed by atoms with Gasteiger partial charge in [0.15, 0.2) is 17.2 Å². The number of rotatable bonds is 4. The van der Waals surface area contributed by atoms with Crippen LogP contribution in [-0.4, -0.2) is 4.57 Å². The van der Waals surface area contributed by atoms with Crippen LogP contribution in [0.25, 0.3) is 83.9 Å². The van der Waals surface area contributed by atoms with Crippen molar-refractivity contribution >= 4 is 11.0 Å². The fraction of sp³-hybridized carbons (Fsp3) is 0.158. The van der Waals surface area contributed by atoms with E-state index in [9.17, 15) is 0 Å². The summed E-state index contributed by atoms with van der Waals surface area (Å²) in [5.41, 5.74) is 20.1. The average molecular weight is 790 g/mol. The molecule has 9 aromatic rings. The first-order chi connectivity index (χ1) is 29.5. The van der Waals surface area contributed by atoms with Crippen molar-refractivity contribution in [1.29, 1.82) is 0 Å². The summed E-state index contributed by atoms with van der Waals surface area (Å²) in [4.78, 5) is 0. The van der Waals surface area contributed by atoms with Gasteiger partial charge in [-0.25, -0.2) is 0 Å². The zero-order valence-corrected chi connectivity index (χ0v) is 35.5. The second-order valence-electron chi connectivity index (χ2n) is 19.0. The molecule has 3 aliphatic rings. The molecule has 0 saturated carbocycles. The fourth-order valence-electron chi connectivity index (χ4n) is 10.2. The van der Waals surface area contributed by atoms with Crippen LogP contribution in [-0.2, 0) is 16.7 Å². The van der Waals surface area contributed by atoms with Crippen molar-refractivity contribution in [2.45, 2.75) is 58.2 Å². The molecule has 1 atom stereocenters. The minimum absolute atomic E-state index is 0.0382. The summed E-state index contributed by atoms with van der Waals surface area (Å²) in [5.74, 6) is 0.914. The molecule has 7 aromatic carbocycles. The zero-order valence-electron chi connectivity index (χ0n) is 35.5. The fourth-order valence-corrected chi connectivity index (χ4v) is 10.2. The van der Waals surface area contributed by atoms with Crippen molar-refractivity contribution in [2.24, 2.45) is 0 Å². The number of ether oxygens (including phenoxy) is 1. The second-order valence-corrected chi connectivity index (χ2v) is 19.0. The van der Waals surface area contributed by atoms with E-state index in [-0.39, 0.29) is 10.8 Å². The predicted octanol–water partition coefficient (Wildman–Crippen LogP) is 13.0. The minimum Gasteiger partial charge on any atom is -0.392 e. The first kappa shape index (κ1) is 35.9. The molecule has 0 saturated heterocycles. The van der Waals surface area contributed by atoms with Gasteiger partial charge >= 0.3 is 11.7 Å². The number of hydrogen-bond acceptors (Lipinski definition) is 1. The number of para-hydroxylation sites is 2. The number of hydrogen-bond donors (Lipinski definition) is 0. The molecule has 1 unspecified atom stereocenters. The molecule has 294 valence electrons. The number of aromatic nitrogens is 3. The van der Waals surface area contributed by atoms with Crippen LogP contribution in [0.5, 0.6) is 5.75 Å². The van der Waals surface area contributed by atoms with Crippen LogP contribution in [0.1, 0.15) is 58.2 Å². The normalized spacial score (nSPS) is 15.6. The van der Waals surface area contributed by atoms with Gasteiger partial charge in [0, 0.05) is 28.8 Å². The Morgan fingerprint density at radius 2 is 1.11 bits per heavy atom. The van der Waals surface area contributed by atoms with Crippen LogP contribution in [0.2, 0.25) is 0 Å². The molecule has 61 heavy (non-hydrogen) atoms. The quantitative estimate of drug-likeness (QED) is 0.163. The molecule has 0 bridgehead atoms. The highest BCUT2D eigenvalue weighted by Crippen LogP contribution is 2.54. The van der Waals surface area contributed by atoms with Gasteiger partial charge in [0.25, 0.3) is 0 Å². The molecule has 1 spiro atoms. The van der Waals surface area contributed by atoms with Gasteiger partial charge < -0.3 is 4.74 Å². The maximum atomic E-state index is 7.68. The lowest BCUT2D eigenvalue weighted by molar-refractivity contribution is -0.997. The molecular weight excluding hydrogens is 743 g/mol. The number of nitrogens with zero attached hydrogens (tertiary/aromatic N) is 3. The lowest BCUT2D eigenvalue weighted by Crippen LogP contribution is -2.78. The van der Waals surface area contributed by atoms with Gasteiger partial charge in [-0.2, -0.15) is 4.57 Å². The number of benzene rings is 7. The highest BCUT2D eigenvalue weighted by molar-refractivity contribution is 5.99. The molecule has 4 heteroatoms. The first-order valence-electron chi connectivity index (χ1n) is 21.5. The molecule has 5 heterocycles. The van der Waals surface area contributed by atoms with Crippen LogP contribution in [0.15, 0.2) is 176 Å². The van der Waals surface area contributed by atoms with Gasteiger partial charge in [-0.3, -0.25) is 0 Å². The predicted molar refractivity (Wildman–Crippen MR) is 247 cm³/mol. The van der Waals surface area contributed by atoms with Gasteiger partial charge in [-0.15, -0.1) is 9.13 Å². The monoisotopic (exact) mass is 789 g/mol. The van der Waals surface area contributed by atoms with E-state index >= 15 is 0 Å². The van der Waals surface area contributed by atoms with Crippen molar-refractivity contribution < 1.29 is 13.9 Å². The molecule has 0 amide bonds. The first-order valence-corrected chi connectivity index (χ1v) is 21.5. The topological polar surface area (TPSA) is 21.9 Å². The van der Waals surface area contributed by atoms with Crippen molar-refractivity contribution in [3.63, 3.8) is 0 Å². The Morgan fingerprint density at radius 3 is 1.84 bits per heavy atom.